The van der Waals surface area contributed by atoms with Crippen LogP contribution < -0.4 is 0 Å². The Balaban J connectivity index is 2.28. The molecule has 0 heterocycles. The third-order valence-electron chi connectivity index (χ3n) is 1.48. The van der Waals surface area contributed by atoms with Crippen molar-refractivity contribution < 1.29 is 4.74 Å². The molecule has 0 aromatic heterocycles. The van der Waals surface area contributed by atoms with E-state index in [-0.39, 0.29) is 5.92 Å². The normalized spacial score (nSPS) is 24.0. The molecule has 0 aromatic carbocycles. The number of ether oxygens (including phenoxy) is 1. The van der Waals surface area contributed by atoms with E-state index in [1.54, 1.807) is 13.4 Å². The van der Waals surface area contributed by atoms with Crippen LogP contribution in [0.25, 0.3) is 0 Å². The van der Waals surface area contributed by atoms with E-state index in [9.17, 15) is 0 Å². The molecule has 0 N–H and O–H groups in total. The number of nitrogens with zero attached hydrogens (tertiary/aromatic N) is 1. The summed E-state index contributed by atoms with van der Waals surface area (Å²) >= 11 is 0. The van der Waals surface area contributed by atoms with Gasteiger partial charge in [0, 0.05) is 0 Å². The quantitative estimate of drug-likeness (QED) is 0.494. The average Bonchev–Trinajstić information content (AvgIpc) is 1.77. The standard InChI is InChI=1S/C7H9NO/c1-9-5-7-2-6(3-7)4-8/h5-6H,2-3H2,1H3. The van der Waals surface area contributed by atoms with Gasteiger partial charge in [0.2, 0.25) is 0 Å². The Kier molecular flexibility index (Phi) is 1.74. The van der Waals surface area contributed by atoms with Crippen LogP contribution in [0.4, 0.5) is 0 Å². The van der Waals surface area contributed by atoms with Crippen LogP contribution in [0, 0.1) is 17.2 Å². The summed E-state index contributed by atoms with van der Waals surface area (Å²) < 4.78 is 4.77. The predicted octanol–water partition coefficient (Wildman–Crippen LogP) is 1.45. The number of hydrogen-bond donors (Lipinski definition) is 0. The van der Waals surface area contributed by atoms with E-state index in [1.165, 1.54) is 5.57 Å². The molecular weight excluding hydrogens is 114 g/mol. The van der Waals surface area contributed by atoms with Gasteiger partial charge in [-0.15, -0.1) is 0 Å². The van der Waals surface area contributed by atoms with E-state index in [0.717, 1.165) is 12.8 Å². The molecule has 0 atom stereocenters. The van der Waals surface area contributed by atoms with Crippen molar-refractivity contribution >= 4 is 0 Å². The molecule has 0 amide bonds. The molecule has 1 saturated carbocycles. The molecule has 0 spiro atoms. The number of allylic oxidation sites excluding steroid dienone is 1. The van der Waals surface area contributed by atoms with Crippen molar-refractivity contribution in [2.24, 2.45) is 5.92 Å². The fourth-order valence-electron chi connectivity index (χ4n) is 0.927. The predicted molar refractivity (Wildman–Crippen MR) is 33.4 cm³/mol. The van der Waals surface area contributed by atoms with E-state index in [4.69, 9.17) is 10.00 Å². The number of methoxy groups -OCH3 is 1. The maximum Gasteiger partial charge on any atom is 0.0817 e. The molecule has 48 valence electrons. The summed E-state index contributed by atoms with van der Waals surface area (Å²) in [5, 5.41) is 8.35. The van der Waals surface area contributed by atoms with Crippen molar-refractivity contribution in [1.29, 1.82) is 5.26 Å². The maximum atomic E-state index is 8.35. The SMILES string of the molecule is COC=C1CC(C#N)C1. The first kappa shape index (κ1) is 6.15. The van der Waals surface area contributed by atoms with Gasteiger partial charge in [-0.05, 0) is 18.4 Å². The summed E-state index contributed by atoms with van der Waals surface area (Å²) in [6, 6.07) is 2.19. The van der Waals surface area contributed by atoms with Crippen molar-refractivity contribution in [3.8, 4) is 6.07 Å². The van der Waals surface area contributed by atoms with Gasteiger partial charge in [0.1, 0.15) is 0 Å². The molecule has 2 nitrogen and oxygen atoms in total. The van der Waals surface area contributed by atoms with Gasteiger partial charge in [0.05, 0.1) is 25.4 Å². The van der Waals surface area contributed by atoms with Gasteiger partial charge < -0.3 is 4.74 Å². The average molecular weight is 123 g/mol. The van der Waals surface area contributed by atoms with E-state index >= 15 is 0 Å². The fourth-order valence-corrected chi connectivity index (χ4v) is 0.927. The molecule has 1 fully saturated rings. The minimum absolute atomic E-state index is 0.256. The zero-order valence-electron chi connectivity index (χ0n) is 5.42. The zero-order valence-corrected chi connectivity index (χ0v) is 5.42. The lowest BCUT2D eigenvalue weighted by Gasteiger charge is -2.21. The molecular formula is C7H9NO. The molecule has 9 heavy (non-hydrogen) atoms. The summed E-state index contributed by atoms with van der Waals surface area (Å²) in [6.07, 6.45) is 3.54. The van der Waals surface area contributed by atoms with Crippen LogP contribution in [-0.2, 0) is 4.74 Å². The summed E-state index contributed by atoms with van der Waals surface area (Å²) in [6.45, 7) is 0. The Morgan fingerprint density at radius 2 is 2.44 bits per heavy atom. The second-order valence-corrected chi connectivity index (χ2v) is 2.25. The third-order valence-corrected chi connectivity index (χ3v) is 1.48. The molecule has 0 saturated heterocycles. The van der Waals surface area contributed by atoms with Crippen LogP contribution in [0.2, 0.25) is 0 Å². The summed E-state index contributed by atoms with van der Waals surface area (Å²) in [4.78, 5) is 0. The highest BCUT2D eigenvalue weighted by molar-refractivity contribution is 5.15. The second-order valence-electron chi connectivity index (χ2n) is 2.25. The third kappa shape index (κ3) is 1.23. The Hall–Kier alpha value is -0.970. The van der Waals surface area contributed by atoms with Crippen molar-refractivity contribution in [2.45, 2.75) is 12.8 Å². The lowest BCUT2D eigenvalue weighted by Crippen LogP contribution is -2.12. The molecule has 1 aliphatic carbocycles. The molecule has 0 bridgehead atoms. The van der Waals surface area contributed by atoms with Gasteiger partial charge in [0.25, 0.3) is 0 Å². The monoisotopic (exact) mass is 123 g/mol. The van der Waals surface area contributed by atoms with Crippen LogP contribution >= 0.6 is 0 Å². The number of rotatable bonds is 1. The van der Waals surface area contributed by atoms with Crippen molar-refractivity contribution in [1.82, 2.24) is 0 Å². The topological polar surface area (TPSA) is 33.0 Å². The highest BCUT2D eigenvalue weighted by Crippen LogP contribution is 2.31. The van der Waals surface area contributed by atoms with Gasteiger partial charge >= 0.3 is 0 Å². The Morgan fingerprint density at radius 1 is 1.78 bits per heavy atom. The van der Waals surface area contributed by atoms with E-state index < -0.39 is 0 Å². The first-order valence-electron chi connectivity index (χ1n) is 2.97. The molecule has 0 unspecified atom stereocenters. The highest BCUT2D eigenvalue weighted by atomic mass is 16.5. The van der Waals surface area contributed by atoms with Crippen LogP contribution in [-0.4, -0.2) is 7.11 Å². The lowest BCUT2D eigenvalue weighted by atomic mass is 9.82. The summed E-state index contributed by atoms with van der Waals surface area (Å²) in [5.74, 6) is 0.256. The molecule has 1 rings (SSSR count). The smallest absolute Gasteiger partial charge is 0.0817 e. The first-order valence-corrected chi connectivity index (χ1v) is 2.97. The van der Waals surface area contributed by atoms with Gasteiger partial charge in [0.15, 0.2) is 0 Å². The number of hydrogen-bond acceptors (Lipinski definition) is 2. The second kappa shape index (κ2) is 2.54. The van der Waals surface area contributed by atoms with Gasteiger partial charge in [-0.1, -0.05) is 0 Å². The summed E-state index contributed by atoms with van der Waals surface area (Å²) in [5.41, 5.74) is 1.25. The van der Waals surface area contributed by atoms with Crippen LogP contribution in [0.5, 0.6) is 0 Å². The van der Waals surface area contributed by atoms with Gasteiger partial charge in [-0.25, -0.2) is 0 Å². The molecule has 0 aromatic rings. The van der Waals surface area contributed by atoms with E-state index in [1.807, 2.05) is 0 Å². The van der Waals surface area contributed by atoms with Crippen LogP contribution in [0.3, 0.4) is 0 Å². The van der Waals surface area contributed by atoms with Gasteiger partial charge in [-0.3, -0.25) is 0 Å². The Bertz CT molecular complexity index is 158. The van der Waals surface area contributed by atoms with Crippen molar-refractivity contribution in [3.05, 3.63) is 11.8 Å². The van der Waals surface area contributed by atoms with Crippen molar-refractivity contribution in [3.63, 3.8) is 0 Å². The van der Waals surface area contributed by atoms with Crippen molar-refractivity contribution in [2.75, 3.05) is 7.11 Å². The molecule has 0 radical (unpaired) electrons. The van der Waals surface area contributed by atoms with Gasteiger partial charge in [-0.2, -0.15) is 5.26 Å². The molecule has 1 aliphatic rings. The Labute approximate surface area is 54.7 Å². The highest BCUT2D eigenvalue weighted by Gasteiger charge is 2.22. The largest absolute Gasteiger partial charge is 0.504 e. The fraction of sp³-hybridized carbons (Fsp3) is 0.571. The minimum Gasteiger partial charge on any atom is -0.504 e. The van der Waals surface area contributed by atoms with E-state index in [2.05, 4.69) is 6.07 Å². The van der Waals surface area contributed by atoms with Crippen LogP contribution in [0.15, 0.2) is 11.8 Å². The summed E-state index contributed by atoms with van der Waals surface area (Å²) in [7, 11) is 1.63. The van der Waals surface area contributed by atoms with Crippen LogP contribution in [0.1, 0.15) is 12.8 Å². The first-order chi connectivity index (χ1) is 4.36. The number of nitriles is 1. The molecule has 0 aliphatic heterocycles. The lowest BCUT2D eigenvalue weighted by molar-refractivity contribution is 0.320. The van der Waals surface area contributed by atoms with E-state index in [0.29, 0.717) is 0 Å². The zero-order chi connectivity index (χ0) is 6.69. The maximum absolute atomic E-state index is 8.35. The Morgan fingerprint density at radius 3 is 2.89 bits per heavy atom. The molecule has 2 heteroatoms. The minimum atomic E-state index is 0.256.